The van der Waals surface area contributed by atoms with Crippen LogP contribution < -0.4 is 10.6 Å². The van der Waals surface area contributed by atoms with Crippen LogP contribution in [0.2, 0.25) is 5.02 Å². The van der Waals surface area contributed by atoms with Gasteiger partial charge in [0.25, 0.3) is 0 Å². The number of halogens is 1. The first-order chi connectivity index (χ1) is 8.28. The Labute approximate surface area is 108 Å². The minimum atomic E-state index is 0.313. The van der Waals surface area contributed by atoms with Crippen LogP contribution in [0, 0.1) is 0 Å². The van der Waals surface area contributed by atoms with Crippen molar-refractivity contribution in [2.24, 2.45) is 5.90 Å². The molecule has 1 heterocycles. The Morgan fingerprint density at radius 2 is 2.24 bits per heavy atom. The summed E-state index contributed by atoms with van der Waals surface area (Å²) in [6, 6.07) is 7.25. The van der Waals surface area contributed by atoms with Crippen LogP contribution in [0.25, 0.3) is 0 Å². The number of rotatable bonds is 5. The van der Waals surface area contributed by atoms with E-state index < -0.39 is 0 Å². The van der Waals surface area contributed by atoms with Gasteiger partial charge in [-0.15, -0.1) is 11.3 Å². The van der Waals surface area contributed by atoms with Gasteiger partial charge < -0.3 is 4.74 Å². The van der Waals surface area contributed by atoms with Crippen molar-refractivity contribution in [3.8, 4) is 5.75 Å². The molecule has 17 heavy (non-hydrogen) atoms. The van der Waals surface area contributed by atoms with E-state index in [1.54, 1.807) is 12.1 Å². The summed E-state index contributed by atoms with van der Waals surface area (Å²) in [4.78, 5) is 8.80. The first-order valence-corrected chi connectivity index (χ1v) is 6.17. The molecule has 0 saturated heterocycles. The molecule has 0 aliphatic rings. The van der Waals surface area contributed by atoms with Crippen molar-refractivity contribution in [2.75, 3.05) is 0 Å². The summed E-state index contributed by atoms with van der Waals surface area (Å²) >= 11 is 7.36. The molecule has 0 fully saturated rings. The largest absolute Gasteiger partial charge is 0.486 e. The number of thiazole rings is 1. The van der Waals surface area contributed by atoms with E-state index in [9.17, 15) is 0 Å². The van der Waals surface area contributed by atoms with Crippen LogP contribution in [0.3, 0.4) is 0 Å². The fraction of sp³-hybridized carbons (Fsp3) is 0.182. The molecule has 6 heteroatoms. The van der Waals surface area contributed by atoms with Gasteiger partial charge in [-0.1, -0.05) is 17.7 Å². The standard InChI is InChI=1S/C11H11ClN2O2S/c12-8-2-1-3-10(4-8)15-6-11-14-9(5-16-13)7-17-11/h1-4,7H,5-6,13H2. The fourth-order valence-electron chi connectivity index (χ4n) is 1.27. The lowest BCUT2D eigenvalue weighted by Gasteiger charge is -2.03. The van der Waals surface area contributed by atoms with Gasteiger partial charge in [0.05, 0.1) is 5.69 Å². The van der Waals surface area contributed by atoms with Crippen LogP contribution in [0.5, 0.6) is 5.75 Å². The van der Waals surface area contributed by atoms with E-state index in [1.807, 2.05) is 17.5 Å². The molecule has 0 spiro atoms. The van der Waals surface area contributed by atoms with Gasteiger partial charge in [0.1, 0.15) is 24.0 Å². The molecule has 0 aliphatic heterocycles. The first-order valence-electron chi connectivity index (χ1n) is 4.91. The fourth-order valence-corrected chi connectivity index (χ4v) is 2.14. The number of hydrogen-bond donors (Lipinski definition) is 1. The second-order valence-electron chi connectivity index (χ2n) is 3.29. The molecule has 0 amide bonds. The summed E-state index contributed by atoms with van der Waals surface area (Å²) in [5, 5.41) is 3.42. The second-order valence-corrected chi connectivity index (χ2v) is 4.67. The molecule has 0 unspecified atom stereocenters. The molecule has 0 radical (unpaired) electrons. The van der Waals surface area contributed by atoms with Gasteiger partial charge in [-0.3, -0.25) is 4.84 Å². The Hall–Kier alpha value is -1.14. The average molecular weight is 271 g/mol. The highest BCUT2D eigenvalue weighted by Gasteiger charge is 2.03. The summed E-state index contributed by atoms with van der Waals surface area (Å²) < 4.78 is 5.56. The first kappa shape index (κ1) is 12.3. The third kappa shape index (κ3) is 3.67. The molecule has 0 bridgehead atoms. The molecule has 2 N–H and O–H groups in total. The molecule has 2 rings (SSSR count). The van der Waals surface area contributed by atoms with Crippen molar-refractivity contribution < 1.29 is 9.57 Å². The molecule has 4 nitrogen and oxygen atoms in total. The zero-order chi connectivity index (χ0) is 12.1. The summed E-state index contributed by atoms with van der Waals surface area (Å²) in [6.45, 7) is 0.725. The molecule has 0 saturated carbocycles. The van der Waals surface area contributed by atoms with E-state index >= 15 is 0 Å². The van der Waals surface area contributed by atoms with Gasteiger partial charge in [0, 0.05) is 10.4 Å². The lowest BCUT2D eigenvalue weighted by atomic mass is 10.3. The molecule has 1 aromatic heterocycles. The van der Waals surface area contributed by atoms with E-state index in [0.717, 1.165) is 16.5 Å². The number of nitrogens with two attached hydrogens (primary N) is 1. The molecular formula is C11H11ClN2O2S. The monoisotopic (exact) mass is 270 g/mol. The molecule has 1 aromatic carbocycles. The van der Waals surface area contributed by atoms with Crippen molar-refractivity contribution in [1.82, 2.24) is 4.98 Å². The summed E-state index contributed by atoms with van der Waals surface area (Å²) in [6.07, 6.45) is 0. The van der Waals surface area contributed by atoms with E-state index in [-0.39, 0.29) is 0 Å². The van der Waals surface area contributed by atoms with Crippen molar-refractivity contribution in [3.63, 3.8) is 0 Å². The lowest BCUT2D eigenvalue weighted by Crippen LogP contribution is -2.00. The zero-order valence-corrected chi connectivity index (χ0v) is 10.5. The molecular weight excluding hydrogens is 260 g/mol. The maximum Gasteiger partial charge on any atom is 0.140 e. The number of ether oxygens (including phenoxy) is 1. The van der Waals surface area contributed by atoms with Crippen LogP contribution >= 0.6 is 22.9 Å². The minimum absolute atomic E-state index is 0.313. The topological polar surface area (TPSA) is 57.4 Å². The lowest BCUT2D eigenvalue weighted by molar-refractivity contribution is 0.121. The molecule has 0 aliphatic carbocycles. The number of hydrogen-bond acceptors (Lipinski definition) is 5. The van der Waals surface area contributed by atoms with E-state index in [2.05, 4.69) is 9.82 Å². The van der Waals surface area contributed by atoms with Crippen LogP contribution in [-0.2, 0) is 18.1 Å². The van der Waals surface area contributed by atoms with Crippen LogP contribution in [0.15, 0.2) is 29.6 Å². The van der Waals surface area contributed by atoms with Crippen molar-refractivity contribution in [1.29, 1.82) is 0 Å². The minimum Gasteiger partial charge on any atom is -0.486 e. The van der Waals surface area contributed by atoms with E-state index in [0.29, 0.717) is 18.2 Å². The third-order valence-electron chi connectivity index (χ3n) is 1.99. The van der Waals surface area contributed by atoms with Crippen molar-refractivity contribution >= 4 is 22.9 Å². The Kier molecular flexibility index (Phi) is 4.33. The SMILES string of the molecule is NOCc1csc(COc2cccc(Cl)c2)n1. The Morgan fingerprint density at radius 1 is 1.35 bits per heavy atom. The predicted octanol–water partition coefficient (Wildman–Crippen LogP) is 2.77. The average Bonchev–Trinajstić information content (AvgIpc) is 2.75. The molecule has 90 valence electrons. The highest BCUT2D eigenvalue weighted by atomic mass is 35.5. The quantitative estimate of drug-likeness (QED) is 0.849. The smallest absolute Gasteiger partial charge is 0.140 e. The van der Waals surface area contributed by atoms with Crippen LogP contribution in [0.4, 0.5) is 0 Å². The Balaban J connectivity index is 1.93. The molecule has 0 atom stereocenters. The number of aromatic nitrogens is 1. The van der Waals surface area contributed by atoms with Gasteiger partial charge in [-0.05, 0) is 18.2 Å². The normalized spacial score (nSPS) is 10.5. The highest BCUT2D eigenvalue weighted by Crippen LogP contribution is 2.19. The van der Waals surface area contributed by atoms with Crippen molar-refractivity contribution in [2.45, 2.75) is 13.2 Å². The number of benzene rings is 1. The van der Waals surface area contributed by atoms with Gasteiger partial charge in [0.15, 0.2) is 0 Å². The maximum atomic E-state index is 5.85. The summed E-state index contributed by atoms with van der Waals surface area (Å²) in [7, 11) is 0. The second kappa shape index (κ2) is 5.97. The highest BCUT2D eigenvalue weighted by molar-refractivity contribution is 7.09. The maximum absolute atomic E-state index is 5.85. The number of nitrogens with zero attached hydrogens (tertiary/aromatic N) is 1. The van der Waals surface area contributed by atoms with Crippen molar-refractivity contribution in [3.05, 3.63) is 45.4 Å². The van der Waals surface area contributed by atoms with Gasteiger partial charge in [-0.25, -0.2) is 10.9 Å². The van der Waals surface area contributed by atoms with Gasteiger partial charge >= 0.3 is 0 Å². The summed E-state index contributed by atoms with van der Waals surface area (Å²) in [5.41, 5.74) is 0.808. The predicted molar refractivity (Wildman–Crippen MR) is 66.9 cm³/mol. The van der Waals surface area contributed by atoms with Gasteiger partial charge in [-0.2, -0.15) is 0 Å². The summed E-state index contributed by atoms with van der Waals surface area (Å²) in [5.74, 6) is 5.70. The van der Waals surface area contributed by atoms with Crippen LogP contribution in [0.1, 0.15) is 10.7 Å². The van der Waals surface area contributed by atoms with Crippen LogP contribution in [-0.4, -0.2) is 4.98 Å². The van der Waals surface area contributed by atoms with E-state index in [4.69, 9.17) is 22.2 Å². The Morgan fingerprint density at radius 3 is 3.00 bits per heavy atom. The van der Waals surface area contributed by atoms with Gasteiger partial charge in [0.2, 0.25) is 0 Å². The third-order valence-corrected chi connectivity index (χ3v) is 3.10. The van der Waals surface area contributed by atoms with E-state index in [1.165, 1.54) is 11.3 Å². The molecule has 2 aromatic rings. The zero-order valence-electron chi connectivity index (χ0n) is 8.93. The Bertz CT molecular complexity index is 490.